The lowest BCUT2D eigenvalue weighted by Crippen LogP contribution is -2.63. The predicted molar refractivity (Wildman–Crippen MR) is 102 cm³/mol. The van der Waals surface area contributed by atoms with Gasteiger partial charge < -0.3 is 52.5 Å². The summed E-state index contributed by atoms with van der Waals surface area (Å²) in [5.74, 6) is 0. The normalized spacial score (nSPS) is 42.4. The van der Waals surface area contributed by atoms with Crippen LogP contribution >= 0.6 is 0 Å². The van der Waals surface area contributed by atoms with E-state index in [-0.39, 0.29) is 13.2 Å². The average molecular weight is 440 g/mol. The number of methoxy groups -OCH3 is 7. The van der Waals surface area contributed by atoms with Gasteiger partial charge in [0.25, 0.3) is 0 Å². The molecule has 10 atom stereocenters. The molecule has 0 saturated carbocycles. The van der Waals surface area contributed by atoms with Gasteiger partial charge in [-0.3, -0.25) is 0 Å². The number of hydrogen-bond acceptors (Lipinski definition) is 11. The van der Waals surface area contributed by atoms with Crippen LogP contribution in [0, 0.1) is 0 Å². The molecule has 2 aliphatic rings. The Balaban J connectivity index is 2.12. The second kappa shape index (κ2) is 12.6. The molecule has 2 saturated heterocycles. The number of hydrogen-bond donors (Lipinski definition) is 1. The van der Waals surface area contributed by atoms with Crippen LogP contribution in [0.2, 0.25) is 0 Å². The monoisotopic (exact) mass is 440 g/mol. The van der Waals surface area contributed by atoms with Crippen LogP contribution in [0.1, 0.15) is 0 Å². The number of aliphatic hydroxyl groups is 1. The van der Waals surface area contributed by atoms with Gasteiger partial charge in [-0.05, 0) is 0 Å². The first-order chi connectivity index (χ1) is 14.5. The van der Waals surface area contributed by atoms with Gasteiger partial charge in [0.1, 0.15) is 48.8 Å². The zero-order valence-corrected chi connectivity index (χ0v) is 18.7. The van der Waals surface area contributed by atoms with E-state index in [0.29, 0.717) is 0 Å². The van der Waals surface area contributed by atoms with Gasteiger partial charge in [0, 0.05) is 49.8 Å². The van der Waals surface area contributed by atoms with E-state index in [1.807, 2.05) is 0 Å². The van der Waals surface area contributed by atoms with E-state index in [1.165, 1.54) is 21.3 Å². The van der Waals surface area contributed by atoms with Gasteiger partial charge in [-0.1, -0.05) is 0 Å². The third kappa shape index (κ3) is 5.48. The van der Waals surface area contributed by atoms with Crippen molar-refractivity contribution >= 4 is 0 Å². The SMILES string of the molecule is COCC1OC(OCC2OC(O)C(OC)C(OC)C2OC)C(OC)C(OC)C1OC. The standard InChI is InChI=1S/C19H36O11/c1-21-8-10-12(22-2)15(25-5)17(27-7)19(30-10)28-9-11-13(23-3)14(24-4)16(26-6)18(20)29-11/h10-20H,8-9H2,1-7H3. The summed E-state index contributed by atoms with van der Waals surface area (Å²) in [6.07, 6.45) is -6.23. The molecule has 2 aliphatic heterocycles. The van der Waals surface area contributed by atoms with Crippen LogP contribution < -0.4 is 0 Å². The summed E-state index contributed by atoms with van der Waals surface area (Å²) in [4.78, 5) is 0. The number of ether oxygens (including phenoxy) is 10. The first-order valence-electron chi connectivity index (χ1n) is 9.77. The lowest BCUT2D eigenvalue weighted by atomic mass is 9.97. The van der Waals surface area contributed by atoms with E-state index < -0.39 is 61.4 Å². The molecule has 2 heterocycles. The minimum absolute atomic E-state index is 0.0458. The van der Waals surface area contributed by atoms with Crippen molar-refractivity contribution in [1.82, 2.24) is 0 Å². The largest absolute Gasteiger partial charge is 0.382 e. The molecule has 178 valence electrons. The second-order valence-corrected chi connectivity index (χ2v) is 7.10. The van der Waals surface area contributed by atoms with Crippen molar-refractivity contribution in [3.8, 4) is 0 Å². The zero-order valence-electron chi connectivity index (χ0n) is 18.7. The molecule has 1 N–H and O–H groups in total. The Morgan fingerprint density at radius 3 is 1.50 bits per heavy atom. The van der Waals surface area contributed by atoms with Gasteiger partial charge in [0.2, 0.25) is 0 Å². The predicted octanol–water partition coefficient (Wildman–Crippen LogP) is -0.818. The van der Waals surface area contributed by atoms with Gasteiger partial charge in [0.05, 0.1) is 13.2 Å². The molecule has 0 amide bonds. The van der Waals surface area contributed by atoms with Crippen molar-refractivity contribution < 1.29 is 52.5 Å². The minimum Gasteiger partial charge on any atom is -0.382 e. The minimum atomic E-state index is -1.20. The van der Waals surface area contributed by atoms with Crippen molar-refractivity contribution in [2.45, 2.75) is 61.4 Å². The van der Waals surface area contributed by atoms with E-state index >= 15 is 0 Å². The summed E-state index contributed by atoms with van der Waals surface area (Å²) in [7, 11) is 10.8. The number of aliphatic hydroxyl groups excluding tert-OH is 1. The molecule has 11 nitrogen and oxygen atoms in total. The summed E-state index contributed by atoms with van der Waals surface area (Å²) < 4.78 is 56.1. The Morgan fingerprint density at radius 1 is 0.567 bits per heavy atom. The molecule has 10 unspecified atom stereocenters. The Labute approximate surface area is 177 Å². The molecule has 11 heteroatoms. The first-order valence-corrected chi connectivity index (χ1v) is 9.77. The molecule has 0 aromatic heterocycles. The van der Waals surface area contributed by atoms with Crippen molar-refractivity contribution in [2.24, 2.45) is 0 Å². The summed E-state index contributed by atoms with van der Waals surface area (Å²) in [5.41, 5.74) is 0. The van der Waals surface area contributed by atoms with Crippen LogP contribution in [0.15, 0.2) is 0 Å². The van der Waals surface area contributed by atoms with Crippen LogP contribution in [0.5, 0.6) is 0 Å². The molecule has 2 rings (SSSR count). The molecule has 30 heavy (non-hydrogen) atoms. The van der Waals surface area contributed by atoms with E-state index in [1.54, 1.807) is 28.4 Å². The summed E-state index contributed by atoms with van der Waals surface area (Å²) >= 11 is 0. The highest BCUT2D eigenvalue weighted by Crippen LogP contribution is 2.30. The molecule has 2 fully saturated rings. The van der Waals surface area contributed by atoms with Crippen LogP contribution in [0.4, 0.5) is 0 Å². The third-order valence-electron chi connectivity index (χ3n) is 5.59. The fourth-order valence-corrected chi connectivity index (χ4v) is 4.14. The lowest BCUT2D eigenvalue weighted by Gasteiger charge is -2.46. The third-order valence-corrected chi connectivity index (χ3v) is 5.59. The molecular weight excluding hydrogens is 404 g/mol. The smallest absolute Gasteiger partial charge is 0.187 e. The number of rotatable bonds is 11. The molecule has 0 radical (unpaired) electrons. The van der Waals surface area contributed by atoms with Gasteiger partial charge in [0.15, 0.2) is 12.6 Å². The first kappa shape index (κ1) is 25.8. The average Bonchev–Trinajstić information content (AvgIpc) is 2.76. The summed E-state index contributed by atoms with van der Waals surface area (Å²) in [5, 5.41) is 10.3. The van der Waals surface area contributed by atoms with Gasteiger partial charge in [-0.25, -0.2) is 0 Å². The Morgan fingerprint density at radius 2 is 1.03 bits per heavy atom. The van der Waals surface area contributed by atoms with Gasteiger partial charge in [-0.2, -0.15) is 0 Å². The molecule has 0 aromatic carbocycles. The highest BCUT2D eigenvalue weighted by Gasteiger charge is 2.50. The molecule has 0 aliphatic carbocycles. The van der Waals surface area contributed by atoms with Gasteiger partial charge in [-0.15, -0.1) is 0 Å². The zero-order chi connectivity index (χ0) is 22.3. The molecule has 0 bridgehead atoms. The molecule has 0 spiro atoms. The lowest BCUT2D eigenvalue weighted by molar-refractivity contribution is -0.336. The van der Waals surface area contributed by atoms with Crippen LogP contribution in [0.25, 0.3) is 0 Å². The van der Waals surface area contributed by atoms with Crippen molar-refractivity contribution in [2.75, 3.05) is 63.0 Å². The van der Waals surface area contributed by atoms with Crippen LogP contribution in [0.3, 0.4) is 0 Å². The van der Waals surface area contributed by atoms with Crippen molar-refractivity contribution in [3.63, 3.8) is 0 Å². The maximum Gasteiger partial charge on any atom is 0.187 e. The second-order valence-electron chi connectivity index (χ2n) is 7.10. The molecule has 0 aromatic rings. The Hall–Kier alpha value is -0.440. The quantitative estimate of drug-likeness (QED) is 0.435. The Kier molecular flexibility index (Phi) is 10.8. The Bertz CT molecular complexity index is 481. The van der Waals surface area contributed by atoms with Crippen LogP contribution in [-0.2, 0) is 47.4 Å². The maximum absolute atomic E-state index is 10.3. The van der Waals surface area contributed by atoms with Crippen molar-refractivity contribution in [1.29, 1.82) is 0 Å². The summed E-state index contributed by atoms with van der Waals surface area (Å²) in [6.45, 7) is 0.333. The molecular formula is C19H36O11. The maximum atomic E-state index is 10.3. The van der Waals surface area contributed by atoms with E-state index in [4.69, 9.17) is 47.4 Å². The fourth-order valence-electron chi connectivity index (χ4n) is 4.14. The summed E-state index contributed by atoms with van der Waals surface area (Å²) in [6, 6.07) is 0. The van der Waals surface area contributed by atoms with E-state index in [2.05, 4.69) is 0 Å². The van der Waals surface area contributed by atoms with E-state index in [9.17, 15) is 5.11 Å². The van der Waals surface area contributed by atoms with E-state index in [0.717, 1.165) is 0 Å². The highest BCUT2D eigenvalue weighted by molar-refractivity contribution is 4.94. The van der Waals surface area contributed by atoms with Crippen molar-refractivity contribution in [3.05, 3.63) is 0 Å². The van der Waals surface area contributed by atoms with Gasteiger partial charge >= 0.3 is 0 Å². The topological polar surface area (TPSA) is 113 Å². The highest BCUT2D eigenvalue weighted by atomic mass is 16.7. The fraction of sp³-hybridized carbons (Fsp3) is 1.00. The van der Waals surface area contributed by atoms with Crippen LogP contribution in [-0.4, -0.2) is 130 Å².